The molecule has 2 heterocycles. The van der Waals surface area contributed by atoms with Gasteiger partial charge >= 0.3 is 6.03 Å². The summed E-state index contributed by atoms with van der Waals surface area (Å²) in [6.07, 6.45) is 2.78. The molecular weight excluding hydrogens is 267 g/mol. The molecule has 0 radical (unpaired) electrons. The number of halogens is 1. The summed E-state index contributed by atoms with van der Waals surface area (Å²) in [6.45, 7) is 2.45. The average molecular weight is 280 g/mol. The number of rotatable bonds is 4. The van der Waals surface area contributed by atoms with Crippen molar-refractivity contribution in [2.45, 2.75) is 12.8 Å². The van der Waals surface area contributed by atoms with E-state index < -0.39 is 5.82 Å². The molecule has 19 heavy (non-hydrogen) atoms. The normalized spacial score (nSPS) is 11.9. The fourth-order valence-electron chi connectivity index (χ4n) is 1.42. The molecule has 0 saturated carbocycles. The molecule has 2 amide bonds. The molecular formula is C12H13FN4OS. The predicted molar refractivity (Wildman–Crippen MR) is 71.7 cm³/mol. The van der Waals surface area contributed by atoms with Gasteiger partial charge in [0, 0.05) is 24.0 Å². The molecule has 100 valence electrons. The van der Waals surface area contributed by atoms with Crippen molar-refractivity contribution < 1.29 is 9.18 Å². The van der Waals surface area contributed by atoms with Crippen molar-refractivity contribution in [3.05, 3.63) is 40.7 Å². The van der Waals surface area contributed by atoms with Crippen molar-refractivity contribution in [2.24, 2.45) is 0 Å². The van der Waals surface area contributed by atoms with Crippen LogP contribution in [0.1, 0.15) is 17.8 Å². The van der Waals surface area contributed by atoms with Crippen molar-refractivity contribution in [1.29, 1.82) is 0 Å². The molecule has 0 aromatic carbocycles. The highest BCUT2D eigenvalue weighted by molar-refractivity contribution is 7.09. The number of anilines is 1. The fraction of sp³-hybridized carbons (Fsp3) is 0.250. The first-order valence-corrected chi connectivity index (χ1v) is 6.59. The van der Waals surface area contributed by atoms with Crippen LogP contribution in [-0.2, 0) is 0 Å². The molecule has 0 bridgehead atoms. The van der Waals surface area contributed by atoms with Gasteiger partial charge in [-0.1, -0.05) is 6.92 Å². The van der Waals surface area contributed by atoms with Crippen molar-refractivity contribution in [1.82, 2.24) is 15.3 Å². The van der Waals surface area contributed by atoms with E-state index in [9.17, 15) is 9.18 Å². The van der Waals surface area contributed by atoms with Gasteiger partial charge in [0.25, 0.3) is 0 Å². The van der Waals surface area contributed by atoms with Crippen LogP contribution in [0, 0.1) is 5.82 Å². The molecule has 0 aliphatic carbocycles. The molecule has 0 saturated heterocycles. The molecule has 0 spiro atoms. The molecule has 2 rings (SSSR count). The lowest BCUT2D eigenvalue weighted by Gasteiger charge is -2.10. The van der Waals surface area contributed by atoms with E-state index in [1.54, 1.807) is 17.5 Å². The first kappa shape index (κ1) is 13.4. The van der Waals surface area contributed by atoms with Crippen molar-refractivity contribution in [2.75, 3.05) is 11.9 Å². The number of thiazole rings is 1. The number of carbonyl (C=O) groups is 1. The molecule has 0 fully saturated rings. The van der Waals surface area contributed by atoms with Gasteiger partial charge in [0.05, 0.1) is 11.2 Å². The number of nitrogens with zero attached hydrogens (tertiary/aromatic N) is 2. The Bertz CT molecular complexity index is 529. The first-order valence-electron chi connectivity index (χ1n) is 5.71. The van der Waals surface area contributed by atoms with E-state index in [-0.39, 0.29) is 11.9 Å². The van der Waals surface area contributed by atoms with Crippen LogP contribution < -0.4 is 10.6 Å². The Morgan fingerprint density at radius 3 is 2.95 bits per heavy atom. The number of amides is 2. The summed E-state index contributed by atoms with van der Waals surface area (Å²) < 4.78 is 12.6. The number of hydrogen-bond donors (Lipinski definition) is 2. The van der Waals surface area contributed by atoms with Crippen molar-refractivity contribution in [3.63, 3.8) is 0 Å². The molecule has 1 unspecified atom stereocenters. The number of carbonyl (C=O) groups excluding carboxylic acids is 1. The summed E-state index contributed by atoms with van der Waals surface area (Å²) in [5, 5.41) is 8.11. The number of hydrogen-bond acceptors (Lipinski definition) is 4. The van der Waals surface area contributed by atoms with Gasteiger partial charge < -0.3 is 5.32 Å². The van der Waals surface area contributed by atoms with E-state index >= 15 is 0 Å². The summed E-state index contributed by atoms with van der Waals surface area (Å²) in [5.74, 6) is 0.0103. The molecule has 7 heteroatoms. The second-order valence-corrected chi connectivity index (χ2v) is 4.89. The highest BCUT2D eigenvalue weighted by atomic mass is 32.1. The van der Waals surface area contributed by atoms with Gasteiger partial charge in [0.1, 0.15) is 11.6 Å². The second kappa shape index (κ2) is 6.24. The van der Waals surface area contributed by atoms with E-state index in [0.717, 1.165) is 11.2 Å². The van der Waals surface area contributed by atoms with Crippen molar-refractivity contribution >= 4 is 23.2 Å². The summed E-state index contributed by atoms with van der Waals surface area (Å²) in [7, 11) is 0. The smallest absolute Gasteiger partial charge is 0.320 e. The van der Waals surface area contributed by atoms with E-state index in [2.05, 4.69) is 20.6 Å². The van der Waals surface area contributed by atoms with E-state index in [1.807, 2.05) is 12.3 Å². The Kier molecular flexibility index (Phi) is 4.40. The van der Waals surface area contributed by atoms with Crippen LogP contribution in [0.15, 0.2) is 29.9 Å². The Hall–Kier alpha value is -2.02. The van der Waals surface area contributed by atoms with Crippen LogP contribution in [-0.4, -0.2) is 22.5 Å². The van der Waals surface area contributed by atoms with Gasteiger partial charge in [-0.25, -0.2) is 19.2 Å². The van der Waals surface area contributed by atoms with Gasteiger partial charge in [-0.2, -0.15) is 0 Å². The lowest BCUT2D eigenvalue weighted by molar-refractivity contribution is 0.251. The largest absolute Gasteiger partial charge is 0.337 e. The third kappa shape index (κ3) is 3.99. The number of nitrogens with one attached hydrogen (secondary N) is 2. The zero-order valence-corrected chi connectivity index (χ0v) is 11.1. The summed E-state index contributed by atoms with van der Waals surface area (Å²) in [6, 6.07) is 2.27. The Labute approximate surface area is 113 Å². The van der Waals surface area contributed by atoms with Gasteiger partial charge in [-0.15, -0.1) is 11.3 Å². The SMILES string of the molecule is CC(CNC(=O)Nc1ccc(F)cn1)c1nccs1. The van der Waals surface area contributed by atoms with Gasteiger partial charge in [0.2, 0.25) is 0 Å². The number of aromatic nitrogens is 2. The molecule has 0 aliphatic rings. The Balaban J connectivity index is 1.80. The fourth-order valence-corrected chi connectivity index (χ4v) is 2.12. The quantitative estimate of drug-likeness (QED) is 0.904. The van der Waals surface area contributed by atoms with Crippen LogP contribution in [0.4, 0.5) is 15.0 Å². The second-order valence-electron chi connectivity index (χ2n) is 3.97. The molecule has 5 nitrogen and oxygen atoms in total. The molecule has 2 aromatic rings. The number of pyridine rings is 1. The van der Waals surface area contributed by atoms with E-state index in [1.165, 1.54) is 12.1 Å². The summed E-state index contributed by atoms with van der Waals surface area (Å²) in [5.41, 5.74) is 0. The molecule has 2 N–H and O–H groups in total. The maximum absolute atomic E-state index is 12.6. The summed E-state index contributed by atoms with van der Waals surface area (Å²) >= 11 is 1.55. The Morgan fingerprint density at radius 2 is 2.32 bits per heavy atom. The molecule has 2 aromatic heterocycles. The van der Waals surface area contributed by atoms with Gasteiger partial charge in [-0.3, -0.25) is 5.32 Å². The van der Waals surface area contributed by atoms with Crippen molar-refractivity contribution in [3.8, 4) is 0 Å². The Morgan fingerprint density at radius 1 is 1.47 bits per heavy atom. The standard InChI is InChI=1S/C12H13FN4OS/c1-8(11-14-4-5-19-11)6-16-12(18)17-10-3-2-9(13)7-15-10/h2-5,7-8H,6H2,1H3,(H2,15,16,17,18). The maximum atomic E-state index is 12.6. The van der Waals surface area contributed by atoms with Gasteiger partial charge in [-0.05, 0) is 12.1 Å². The minimum absolute atomic E-state index is 0.145. The lowest BCUT2D eigenvalue weighted by Crippen LogP contribution is -2.32. The molecule has 0 aliphatic heterocycles. The van der Waals surface area contributed by atoms with Crippen LogP contribution in [0.2, 0.25) is 0 Å². The maximum Gasteiger partial charge on any atom is 0.320 e. The highest BCUT2D eigenvalue weighted by Crippen LogP contribution is 2.16. The summed E-state index contributed by atoms with van der Waals surface area (Å²) in [4.78, 5) is 19.5. The van der Waals surface area contributed by atoms with Crippen LogP contribution >= 0.6 is 11.3 Å². The molecule has 1 atom stereocenters. The topological polar surface area (TPSA) is 66.9 Å². The van der Waals surface area contributed by atoms with Crippen LogP contribution in [0.3, 0.4) is 0 Å². The predicted octanol–water partition coefficient (Wildman–Crippen LogP) is 2.60. The minimum Gasteiger partial charge on any atom is -0.337 e. The number of urea groups is 1. The first-order chi connectivity index (χ1) is 9.15. The van der Waals surface area contributed by atoms with Gasteiger partial charge in [0.15, 0.2) is 0 Å². The lowest BCUT2D eigenvalue weighted by atomic mass is 10.2. The third-order valence-corrected chi connectivity index (χ3v) is 3.42. The third-order valence-electron chi connectivity index (χ3n) is 2.41. The minimum atomic E-state index is -0.441. The highest BCUT2D eigenvalue weighted by Gasteiger charge is 2.10. The average Bonchev–Trinajstić information content (AvgIpc) is 2.93. The van der Waals surface area contributed by atoms with E-state index in [0.29, 0.717) is 12.4 Å². The monoisotopic (exact) mass is 280 g/mol. The van der Waals surface area contributed by atoms with Crippen LogP contribution in [0.25, 0.3) is 0 Å². The van der Waals surface area contributed by atoms with Crippen LogP contribution in [0.5, 0.6) is 0 Å². The zero-order valence-electron chi connectivity index (χ0n) is 10.3. The zero-order chi connectivity index (χ0) is 13.7. The van der Waals surface area contributed by atoms with E-state index in [4.69, 9.17) is 0 Å².